The van der Waals surface area contributed by atoms with E-state index in [1.165, 1.54) is 29.5 Å². The maximum Gasteiger partial charge on any atom is 0.377 e. The molecule has 0 aliphatic rings. The van der Waals surface area contributed by atoms with Crippen molar-refractivity contribution in [3.05, 3.63) is 33.5 Å². The Kier molecular flexibility index (Phi) is 3.95. The molecule has 2 aromatic heterocycles. The first kappa shape index (κ1) is 13.0. The number of ether oxygens (including phenoxy) is 1. The third kappa shape index (κ3) is 2.53. The smallest absolute Gasteiger partial charge is 0.377 e. The Morgan fingerprint density at radius 2 is 2.44 bits per heavy atom. The van der Waals surface area contributed by atoms with Crippen molar-refractivity contribution in [2.24, 2.45) is 5.73 Å². The molecule has 2 heterocycles. The van der Waals surface area contributed by atoms with Gasteiger partial charge in [-0.15, -0.1) is 16.4 Å². The van der Waals surface area contributed by atoms with Gasteiger partial charge in [0.15, 0.2) is 0 Å². The lowest BCUT2D eigenvalue weighted by Gasteiger charge is -2.12. The molecule has 6 nitrogen and oxygen atoms in total. The number of esters is 1. The molecular formula is C10H11ClN4O2S. The molecule has 1 atom stereocenters. The van der Waals surface area contributed by atoms with Crippen molar-refractivity contribution < 1.29 is 9.53 Å². The topological polar surface area (TPSA) is 83.0 Å². The first-order valence-corrected chi connectivity index (χ1v) is 6.30. The molecule has 2 rings (SSSR count). The zero-order chi connectivity index (χ0) is 13.1. The third-order valence-electron chi connectivity index (χ3n) is 2.34. The Morgan fingerprint density at radius 3 is 3.00 bits per heavy atom. The molecule has 1 unspecified atom stereocenters. The van der Waals surface area contributed by atoms with Gasteiger partial charge in [0, 0.05) is 11.4 Å². The number of methoxy groups -OCH3 is 1. The van der Waals surface area contributed by atoms with Crippen LogP contribution in [0.1, 0.15) is 21.5 Å². The average Bonchev–Trinajstić information content (AvgIpc) is 2.99. The number of carbonyl (C=O) groups is 1. The van der Waals surface area contributed by atoms with Gasteiger partial charge in [-0.2, -0.15) is 0 Å². The van der Waals surface area contributed by atoms with Crippen molar-refractivity contribution >= 4 is 28.9 Å². The molecule has 0 amide bonds. The minimum Gasteiger partial charge on any atom is -0.463 e. The predicted molar refractivity (Wildman–Crippen MR) is 67.9 cm³/mol. The minimum atomic E-state index is -0.575. The number of nitrogens with two attached hydrogens (primary N) is 1. The standard InChI is InChI=1S/C10H11ClN4O2S/c1-17-10(16)9-13-5-15(14-9)6(4-12)7-2-3-8(11)18-7/h2-3,5-6H,4,12H2,1H3. The van der Waals surface area contributed by atoms with Crippen LogP contribution >= 0.6 is 22.9 Å². The zero-order valence-electron chi connectivity index (χ0n) is 9.54. The van der Waals surface area contributed by atoms with E-state index >= 15 is 0 Å². The highest BCUT2D eigenvalue weighted by atomic mass is 35.5. The van der Waals surface area contributed by atoms with Crippen molar-refractivity contribution in [3.8, 4) is 0 Å². The first-order valence-electron chi connectivity index (χ1n) is 5.10. The quantitative estimate of drug-likeness (QED) is 0.857. The van der Waals surface area contributed by atoms with Crippen LogP contribution in [-0.4, -0.2) is 34.4 Å². The van der Waals surface area contributed by atoms with Crippen LogP contribution in [0.15, 0.2) is 18.5 Å². The molecule has 8 heteroatoms. The summed E-state index contributed by atoms with van der Waals surface area (Å²) in [5, 5.41) is 4.05. The van der Waals surface area contributed by atoms with E-state index < -0.39 is 5.97 Å². The van der Waals surface area contributed by atoms with Crippen molar-refractivity contribution in [1.29, 1.82) is 0 Å². The molecule has 0 radical (unpaired) electrons. The van der Waals surface area contributed by atoms with E-state index in [0.29, 0.717) is 10.9 Å². The van der Waals surface area contributed by atoms with Gasteiger partial charge in [-0.25, -0.2) is 14.5 Å². The summed E-state index contributed by atoms with van der Waals surface area (Å²) in [6, 6.07) is 3.49. The Bertz CT molecular complexity index is 554. The van der Waals surface area contributed by atoms with Crippen LogP contribution in [0, 0.1) is 0 Å². The number of hydrogen-bond acceptors (Lipinski definition) is 6. The third-order valence-corrected chi connectivity index (χ3v) is 3.67. The van der Waals surface area contributed by atoms with Crippen molar-refractivity contribution in [2.75, 3.05) is 13.7 Å². The number of hydrogen-bond donors (Lipinski definition) is 1. The van der Waals surface area contributed by atoms with Gasteiger partial charge in [-0.3, -0.25) is 0 Å². The van der Waals surface area contributed by atoms with Crippen LogP contribution in [0.5, 0.6) is 0 Å². The largest absolute Gasteiger partial charge is 0.463 e. The lowest BCUT2D eigenvalue weighted by Crippen LogP contribution is -2.20. The van der Waals surface area contributed by atoms with Crippen LogP contribution in [0.4, 0.5) is 0 Å². The van der Waals surface area contributed by atoms with E-state index in [1.54, 1.807) is 6.07 Å². The summed E-state index contributed by atoms with van der Waals surface area (Å²) in [7, 11) is 1.28. The van der Waals surface area contributed by atoms with Gasteiger partial charge >= 0.3 is 5.97 Å². The second kappa shape index (κ2) is 5.47. The highest BCUT2D eigenvalue weighted by Gasteiger charge is 2.18. The molecule has 0 bridgehead atoms. The zero-order valence-corrected chi connectivity index (χ0v) is 11.1. The number of carbonyl (C=O) groups excluding carboxylic acids is 1. The summed E-state index contributed by atoms with van der Waals surface area (Å²) in [6.07, 6.45) is 1.46. The van der Waals surface area contributed by atoms with Gasteiger partial charge in [0.2, 0.25) is 0 Å². The predicted octanol–water partition coefficient (Wildman–Crippen LogP) is 1.33. The van der Waals surface area contributed by atoms with Crippen LogP contribution in [0.3, 0.4) is 0 Å². The van der Waals surface area contributed by atoms with Gasteiger partial charge in [-0.1, -0.05) is 11.6 Å². The number of thiophene rings is 1. The van der Waals surface area contributed by atoms with Crippen molar-refractivity contribution in [3.63, 3.8) is 0 Å². The Morgan fingerprint density at radius 1 is 1.67 bits per heavy atom. The number of aromatic nitrogens is 3. The van der Waals surface area contributed by atoms with E-state index in [-0.39, 0.29) is 11.9 Å². The van der Waals surface area contributed by atoms with Crippen LogP contribution in [-0.2, 0) is 4.74 Å². The Hall–Kier alpha value is -1.44. The summed E-state index contributed by atoms with van der Waals surface area (Å²) in [4.78, 5) is 16.1. The number of halogens is 1. The maximum absolute atomic E-state index is 11.3. The van der Waals surface area contributed by atoms with Crippen molar-refractivity contribution in [2.45, 2.75) is 6.04 Å². The van der Waals surface area contributed by atoms with Gasteiger partial charge in [0.05, 0.1) is 11.4 Å². The normalized spacial score (nSPS) is 12.4. The van der Waals surface area contributed by atoms with E-state index in [9.17, 15) is 4.79 Å². The molecule has 0 aliphatic carbocycles. The van der Waals surface area contributed by atoms with E-state index in [1.807, 2.05) is 6.07 Å². The van der Waals surface area contributed by atoms with Gasteiger partial charge in [0.1, 0.15) is 12.4 Å². The highest BCUT2D eigenvalue weighted by Crippen LogP contribution is 2.28. The summed E-state index contributed by atoms with van der Waals surface area (Å²) < 4.78 is 6.76. The summed E-state index contributed by atoms with van der Waals surface area (Å²) in [6.45, 7) is 0.334. The SMILES string of the molecule is COC(=O)c1ncn(C(CN)c2ccc(Cl)s2)n1. The van der Waals surface area contributed by atoms with Gasteiger partial charge < -0.3 is 10.5 Å². The molecule has 96 valence electrons. The molecule has 2 aromatic rings. The molecule has 18 heavy (non-hydrogen) atoms. The summed E-state index contributed by atoms with van der Waals surface area (Å²) in [5.74, 6) is -0.563. The fraction of sp³-hybridized carbons (Fsp3) is 0.300. The second-order valence-corrected chi connectivity index (χ2v) is 5.18. The fourth-order valence-corrected chi connectivity index (χ4v) is 2.64. The summed E-state index contributed by atoms with van der Waals surface area (Å²) >= 11 is 7.30. The lowest BCUT2D eigenvalue weighted by atomic mass is 10.2. The molecule has 0 aromatic carbocycles. The second-order valence-electron chi connectivity index (χ2n) is 3.43. The Labute approximate surface area is 112 Å². The molecular weight excluding hydrogens is 276 g/mol. The molecule has 0 fully saturated rings. The molecule has 0 aliphatic heterocycles. The highest BCUT2D eigenvalue weighted by molar-refractivity contribution is 7.16. The van der Waals surface area contributed by atoms with Gasteiger partial charge in [-0.05, 0) is 12.1 Å². The lowest BCUT2D eigenvalue weighted by molar-refractivity contribution is 0.0586. The monoisotopic (exact) mass is 286 g/mol. The summed E-state index contributed by atoms with van der Waals surface area (Å²) in [5.41, 5.74) is 5.72. The minimum absolute atomic E-state index is 0.0126. The van der Waals surface area contributed by atoms with Crippen LogP contribution in [0.25, 0.3) is 0 Å². The van der Waals surface area contributed by atoms with E-state index in [2.05, 4.69) is 14.8 Å². The number of nitrogens with zero attached hydrogens (tertiary/aromatic N) is 3. The van der Waals surface area contributed by atoms with Crippen LogP contribution in [0.2, 0.25) is 4.34 Å². The molecule has 0 spiro atoms. The molecule has 0 saturated heterocycles. The number of rotatable bonds is 4. The molecule has 2 N–H and O–H groups in total. The fourth-order valence-electron chi connectivity index (χ4n) is 1.47. The van der Waals surface area contributed by atoms with E-state index in [0.717, 1.165) is 4.88 Å². The van der Waals surface area contributed by atoms with Crippen molar-refractivity contribution in [1.82, 2.24) is 14.8 Å². The van der Waals surface area contributed by atoms with Crippen LogP contribution < -0.4 is 5.73 Å². The Balaban J connectivity index is 2.28. The van der Waals surface area contributed by atoms with Gasteiger partial charge in [0.25, 0.3) is 5.82 Å². The first-order chi connectivity index (χ1) is 8.65. The molecule has 0 saturated carbocycles. The maximum atomic E-state index is 11.3. The average molecular weight is 287 g/mol. The van der Waals surface area contributed by atoms with E-state index in [4.69, 9.17) is 17.3 Å².